The highest BCUT2D eigenvalue weighted by Crippen LogP contribution is 2.19. The lowest BCUT2D eigenvalue weighted by Crippen LogP contribution is -2.47. The summed E-state index contributed by atoms with van der Waals surface area (Å²) in [6.07, 6.45) is 2.57. The molecule has 6 nitrogen and oxygen atoms in total. The second-order valence-corrected chi connectivity index (χ2v) is 6.09. The number of hydrogen-bond acceptors (Lipinski definition) is 4. The molecule has 1 atom stereocenters. The Morgan fingerprint density at radius 2 is 2.10 bits per heavy atom. The lowest BCUT2D eigenvalue weighted by molar-refractivity contribution is 0.0443. The minimum absolute atomic E-state index is 0.0173. The molecule has 0 spiro atoms. The molecule has 2 saturated heterocycles. The Kier molecular flexibility index (Phi) is 4.60. The quantitative estimate of drug-likeness (QED) is 0.810. The zero-order valence-electron chi connectivity index (χ0n) is 11.7. The van der Waals surface area contributed by atoms with Crippen LogP contribution < -0.4 is 4.74 Å². The van der Waals surface area contributed by atoms with Crippen LogP contribution in [0, 0.1) is 0 Å². The Bertz CT molecular complexity index is 491. The Hall–Kier alpha value is -1.34. The highest BCUT2D eigenvalue weighted by Gasteiger charge is 2.31. The SMILES string of the molecule is O=C(N1CCOCC1)N1CCC(Oc2ccc(Br)cn2)C1. The number of carbonyl (C=O) groups is 1. The van der Waals surface area contributed by atoms with E-state index in [1.165, 1.54) is 0 Å². The number of ether oxygens (including phenoxy) is 2. The van der Waals surface area contributed by atoms with Gasteiger partial charge in [-0.15, -0.1) is 0 Å². The van der Waals surface area contributed by atoms with Gasteiger partial charge in [0.2, 0.25) is 5.88 Å². The van der Waals surface area contributed by atoms with Crippen LogP contribution in [0.15, 0.2) is 22.8 Å². The Labute approximate surface area is 132 Å². The maximum Gasteiger partial charge on any atom is 0.320 e. The summed E-state index contributed by atoms with van der Waals surface area (Å²) in [5.74, 6) is 0.601. The molecule has 0 N–H and O–H groups in total. The second kappa shape index (κ2) is 6.62. The van der Waals surface area contributed by atoms with E-state index in [0.29, 0.717) is 38.7 Å². The highest BCUT2D eigenvalue weighted by molar-refractivity contribution is 9.10. The average Bonchev–Trinajstić information content (AvgIpc) is 2.98. The Morgan fingerprint density at radius 3 is 2.81 bits per heavy atom. The molecule has 21 heavy (non-hydrogen) atoms. The number of amides is 2. The number of carbonyl (C=O) groups excluding carboxylic acids is 1. The largest absolute Gasteiger partial charge is 0.472 e. The fourth-order valence-electron chi connectivity index (χ4n) is 2.56. The first-order valence-corrected chi connectivity index (χ1v) is 7.91. The lowest BCUT2D eigenvalue weighted by atomic mass is 10.3. The number of halogens is 1. The Balaban J connectivity index is 1.52. The molecule has 1 aromatic rings. The van der Waals surface area contributed by atoms with Crippen LogP contribution in [0.3, 0.4) is 0 Å². The molecular weight excluding hydrogens is 338 g/mol. The van der Waals surface area contributed by atoms with Gasteiger partial charge < -0.3 is 19.3 Å². The van der Waals surface area contributed by atoms with Crippen LogP contribution in [0.25, 0.3) is 0 Å². The maximum absolute atomic E-state index is 12.4. The molecule has 0 aromatic carbocycles. The third-order valence-electron chi connectivity index (χ3n) is 3.68. The number of pyridine rings is 1. The van der Waals surface area contributed by atoms with Gasteiger partial charge in [-0.25, -0.2) is 9.78 Å². The van der Waals surface area contributed by atoms with E-state index in [1.807, 2.05) is 21.9 Å². The number of nitrogens with zero attached hydrogens (tertiary/aromatic N) is 3. The molecule has 0 bridgehead atoms. The number of likely N-dealkylation sites (tertiary alicyclic amines) is 1. The molecule has 2 amide bonds. The van der Waals surface area contributed by atoms with E-state index in [1.54, 1.807) is 6.20 Å². The third kappa shape index (κ3) is 3.65. The van der Waals surface area contributed by atoms with Crippen molar-refractivity contribution in [1.29, 1.82) is 0 Å². The van der Waals surface area contributed by atoms with Crippen molar-refractivity contribution in [3.63, 3.8) is 0 Å². The first kappa shape index (κ1) is 14.6. The average molecular weight is 356 g/mol. The first-order chi connectivity index (χ1) is 10.2. The molecular formula is C14H18BrN3O3. The van der Waals surface area contributed by atoms with Gasteiger partial charge in [0, 0.05) is 42.8 Å². The summed E-state index contributed by atoms with van der Waals surface area (Å²) in [5, 5.41) is 0. The van der Waals surface area contributed by atoms with Gasteiger partial charge in [-0.1, -0.05) is 0 Å². The number of hydrogen-bond donors (Lipinski definition) is 0. The van der Waals surface area contributed by atoms with Crippen LogP contribution >= 0.6 is 15.9 Å². The fourth-order valence-corrected chi connectivity index (χ4v) is 2.79. The number of rotatable bonds is 2. The molecule has 7 heteroatoms. The normalized spacial score (nSPS) is 22.4. The van der Waals surface area contributed by atoms with Gasteiger partial charge in [0.1, 0.15) is 6.10 Å². The summed E-state index contributed by atoms with van der Waals surface area (Å²) in [5.41, 5.74) is 0. The van der Waals surface area contributed by atoms with Gasteiger partial charge >= 0.3 is 6.03 Å². The van der Waals surface area contributed by atoms with Crippen LogP contribution in [-0.4, -0.2) is 66.3 Å². The zero-order chi connectivity index (χ0) is 14.7. The monoisotopic (exact) mass is 355 g/mol. The summed E-state index contributed by atoms with van der Waals surface area (Å²) >= 11 is 3.34. The molecule has 2 aliphatic rings. The van der Waals surface area contributed by atoms with E-state index >= 15 is 0 Å². The van der Waals surface area contributed by atoms with Crippen molar-refractivity contribution in [3.05, 3.63) is 22.8 Å². The minimum atomic E-state index is 0.0173. The van der Waals surface area contributed by atoms with E-state index in [2.05, 4.69) is 20.9 Å². The van der Waals surface area contributed by atoms with Crippen LogP contribution in [0.1, 0.15) is 6.42 Å². The topological polar surface area (TPSA) is 54.9 Å². The predicted molar refractivity (Wildman–Crippen MR) is 80.3 cm³/mol. The lowest BCUT2D eigenvalue weighted by Gasteiger charge is -2.30. The Morgan fingerprint density at radius 1 is 1.29 bits per heavy atom. The van der Waals surface area contributed by atoms with Crippen molar-refractivity contribution in [1.82, 2.24) is 14.8 Å². The summed E-state index contributed by atoms with van der Waals surface area (Å²) < 4.78 is 12.0. The van der Waals surface area contributed by atoms with E-state index in [0.717, 1.165) is 17.4 Å². The van der Waals surface area contributed by atoms with Crippen molar-refractivity contribution in [2.45, 2.75) is 12.5 Å². The molecule has 0 saturated carbocycles. The van der Waals surface area contributed by atoms with Crippen molar-refractivity contribution >= 4 is 22.0 Å². The summed E-state index contributed by atoms with van der Waals surface area (Å²) in [6, 6.07) is 3.82. The van der Waals surface area contributed by atoms with Gasteiger partial charge in [0.05, 0.1) is 19.8 Å². The molecule has 0 radical (unpaired) electrons. The van der Waals surface area contributed by atoms with Crippen molar-refractivity contribution in [2.75, 3.05) is 39.4 Å². The standard InChI is InChI=1S/C14H18BrN3O3/c15-11-1-2-13(16-9-11)21-12-3-4-18(10-12)14(19)17-5-7-20-8-6-17/h1-2,9,12H,3-8,10H2. The van der Waals surface area contributed by atoms with Crippen molar-refractivity contribution < 1.29 is 14.3 Å². The number of aromatic nitrogens is 1. The van der Waals surface area contributed by atoms with E-state index in [-0.39, 0.29) is 12.1 Å². The summed E-state index contributed by atoms with van der Waals surface area (Å²) in [6.45, 7) is 3.96. The third-order valence-corrected chi connectivity index (χ3v) is 4.15. The summed E-state index contributed by atoms with van der Waals surface area (Å²) in [4.78, 5) is 20.3. The number of urea groups is 1. The first-order valence-electron chi connectivity index (χ1n) is 7.12. The molecule has 2 aliphatic heterocycles. The zero-order valence-corrected chi connectivity index (χ0v) is 13.3. The fraction of sp³-hybridized carbons (Fsp3) is 0.571. The van der Waals surface area contributed by atoms with Crippen molar-refractivity contribution in [3.8, 4) is 5.88 Å². The van der Waals surface area contributed by atoms with Gasteiger partial charge in [-0.05, 0) is 22.0 Å². The van der Waals surface area contributed by atoms with Crippen LogP contribution in [0.5, 0.6) is 5.88 Å². The maximum atomic E-state index is 12.4. The van der Waals surface area contributed by atoms with Gasteiger partial charge in [-0.3, -0.25) is 0 Å². The molecule has 3 rings (SSSR count). The molecule has 3 heterocycles. The molecule has 114 valence electrons. The number of morpholine rings is 1. The van der Waals surface area contributed by atoms with E-state index < -0.39 is 0 Å². The molecule has 1 aromatic heterocycles. The van der Waals surface area contributed by atoms with Gasteiger partial charge in [0.25, 0.3) is 0 Å². The van der Waals surface area contributed by atoms with Crippen LogP contribution in [-0.2, 0) is 4.74 Å². The van der Waals surface area contributed by atoms with E-state index in [4.69, 9.17) is 9.47 Å². The predicted octanol–water partition coefficient (Wildman–Crippen LogP) is 1.75. The van der Waals surface area contributed by atoms with E-state index in [9.17, 15) is 4.79 Å². The molecule has 1 unspecified atom stereocenters. The van der Waals surface area contributed by atoms with Gasteiger partial charge in [0.15, 0.2) is 0 Å². The smallest absolute Gasteiger partial charge is 0.320 e. The minimum Gasteiger partial charge on any atom is -0.472 e. The van der Waals surface area contributed by atoms with Crippen LogP contribution in [0.2, 0.25) is 0 Å². The molecule has 0 aliphatic carbocycles. The van der Waals surface area contributed by atoms with Crippen molar-refractivity contribution in [2.24, 2.45) is 0 Å². The highest BCUT2D eigenvalue weighted by atomic mass is 79.9. The molecule has 2 fully saturated rings. The van der Waals surface area contributed by atoms with Crippen LogP contribution in [0.4, 0.5) is 4.79 Å². The summed E-state index contributed by atoms with van der Waals surface area (Å²) in [7, 11) is 0. The van der Waals surface area contributed by atoms with Gasteiger partial charge in [-0.2, -0.15) is 0 Å². The second-order valence-electron chi connectivity index (χ2n) is 5.17.